The quantitative estimate of drug-likeness (QED) is 0.756. The van der Waals surface area contributed by atoms with Crippen LogP contribution >= 0.6 is 11.3 Å². The molecule has 0 amide bonds. The van der Waals surface area contributed by atoms with Gasteiger partial charge in [0.2, 0.25) is 10.0 Å². The van der Waals surface area contributed by atoms with Gasteiger partial charge in [-0.15, -0.1) is 11.3 Å². The first-order valence-corrected chi connectivity index (χ1v) is 11.9. The molecule has 2 fully saturated rings. The van der Waals surface area contributed by atoms with Gasteiger partial charge in [0, 0.05) is 37.6 Å². The minimum absolute atomic E-state index is 0.147. The summed E-state index contributed by atoms with van der Waals surface area (Å²) >= 11 is 1.76. The lowest BCUT2D eigenvalue weighted by Gasteiger charge is -2.42. The average molecular weight is 425 g/mol. The summed E-state index contributed by atoms with van der Waals surface area (Å²) in [6.07, 6.45) is 2.28. The summed E-state index contributed by atoms with van der Waals surface area (Å²) in [7, 11) is -3.61. The molecule has 0 saturated carbocycles. The van der Waals surface area contributed by atoms with Crippen LogP contribution in [0.1, 0.15) is 24.1 Å². The van der Waals surface area contributed by atoms with Crippen LogP contribution in [0.15, 0.2) is 46.7 Å². The van der Waals surface area contributed by atoms with E-state index in [1.165, 1.54) is 33.4 Å². The van der Waals surface area contributed by atoms with Gasteiger partial charge in [-0.05, 0) is 55.0 Å². The van der Waals surface area contributed by atoms with Gasteiger partial charge >= 0.3 is 0 Å². The van der Waals surface area contributed by atoms with Crippen molar-refractivity contribution < 1.29 is 17.5 Å². The Bertz CT molecular complexity index is 887. The average Bonchev–Trinajstić information content (AvgIpc) is 3.09. The molecule has 1 spiro atoms. The molecule has 0 aliphatic carbocycles. The third-order valence-electron chi connectivity index (χ3n) is 5.60. The Hall–Kier alpha value is -1.32. The zero-order valence-electron chi connectivity index (χ0n) is 15.7. The van der Waals surface area contributed by atoms with Crippen molar-refractivity contribution >= 4 is 21.4 Å². The number of hydrogen-bond acceptors (Lipinski definition) is 5. The van der Waals surface area contributed by atoms with E-state index in [-0.39, 0.29) is 10.5 Å². The summed E-state index contributed by atoms with van der Waals surface area (Å²) in [5, 5.41) is 2.09. The van der Waals surface area contributed by atoms with E-state index >= 15 is 0 Å². The van der Waals surface area contributed by atoms with E-state index in [0.29, 0.717) is 26.1 Å². The maximum absolute atomic E-state index is 13.2. The third kappa shape index (κ3) is 4.31. The molecule has 0 N–H and O–H groups in total. The van der Waals surface area contributed by atoms with Crippen molar-refractivity contribution in [2.24, 2.45) is 0 Å². The molecule has 2 aromatic rings. The van der Waals surface area contributed by atoms with Gasteiger partial charge in [0.25, 0.3) is 0 Å². The molecule has 8 heteroatoms. The maximum Gasteiger partial charge on any atom is 0.243 e. The van der Waals surface area contributed by atoms with Crippen molar-refractivity contribution in [2.75, 3.05) is 32.8 Å². The second-order valence-electron chi connectivity index (χ2n) is 7.53. The highest BCUT2D eigenvalue weighted by Crippen LogP contribution is 2.32. The minimum atomic E-state index is -3.61. The molecule has 2 aliphatic heterocycles. The van der Waals surface area contributed by atoms with Crippen molar-refractivity contribution in [3.63, 3.8) is 0 Å². The molecule has 3 heterocycles. The molecule has 2 aliphatic rings. The molecule has 152 valence electrons. The number of sulfonamides is 1. The molecule has 28 heavy (non-hydrogen) atoms. The normalized spacial score (nSPS) is 25.0. The molecule has 0 radical (unpaired) electrons. The van der Waals surface area contributed by atoms with Crippen LogP contribution in [0.4, 0.5) is 4.39 Å². The van der Waals surface area contributed by atoms with E-state index < -0.39 is 15.8 Å². The Kier molecular flexibility index (Phi) is 5.85. The largest absolute Gasteiger partial charge is 0.372 e. The van der Waals surface area contributed by atoms with E-state index in [1.54, 1.807) is 11.3 Å². The number of morpholine rings is 1. The first kappa shape index (κ1) is 20.0. The number of rotatable bonds is 4. The molecule has 0 unspecified atom stereocenters. The summed E-state index contributed by atoms with van der Waals surface area (Å²) in [4.78, 5) is 3.90. The minimum Gasteiger partial charge on any atom is -0.372 e. The van der Waals surface area contributed by atoms with Gasteiger partial charge < -0.3 is 4.74 Å². The number of benzene rings is 1. The van der Waals surface area contributed by atoms with Crippen LogP contribution in [0.25, 0.3) is 0 Å². The lowest BCUT2D eigenvalue weighted by Crippen LogP contribution is -2.51. The molecule has 4 rings (SSSR count). The van der Waals surface area contributed by atoms with E-state index in [9.17, 15) is 12.8 Å². The van der Waals surface area contributed by atoms with Crippen LogP contribution < -0.4 is 0 Å². The molecule has 0 bridgehead atoms. The fourth-order valence-corrected chi connectivity index (χ4v) is 6.35. The van der Waals surface area contributed by atoms with E-state index in [0.717, 1.165) is 32.5 Å². The van der Waals surface area contributed by atoms with Gasteiger partial charge in [-0.25, -0.2) is 12.8 Å². The smallest absolute Gasteiger partial charge is 0.243 e. The SMILES string of the molecule is O=S(=O)(c1ccc(F)cc1)N1CCC[C@]2(CC1)CN(Cc1cccs1)CCO2. The lowest BCUT2D eigenvalue weighted by atomic mass is 9.92. The highest BCUT2D eigenvalue weighted by atomic mass is 32.2. The number of thiophene rings is 1. The highest BCUT2D eigenvalue weighted by molar-refractivity contribution is 7.89. The predicted octanol–water partition coefficient (Wildman–Crippen LogP) is 3.33. The van der Waals surface area contributed by atoms with Crippen molar-refractivity contribution in [3.8, 4) is 0 Å². The van der Waals surface area contributed by atoms with Crippen molar-refractivity contribution in [3.05, 3.63) is 52.5 Å². The highest BCUT2D eigenvalue weighted by Gasteiger charge is 2.40. The van der Waals surface area contributed by atoms with E-state index in [4.69, 9.17) is 4.74 Å². The van der Waals surface area contributed by atoms with Crippen LogP contribution in [0, 0.1) is 5.82 Å². The Labute approximate surface area is 169 Å². The van der Waals surface area contributed by atoms with Gasteiger partial charge in [0.05, 0.1) is 17.1 Å². The molecule has 5 nitrogen and oxygen atoms in total. The van der Waals surface area contributed by atoms with Gasteiger partial charge in [0.15, 0.2) is 0 Å². The second kappa shape index (κ2) is 8.20. The fraction of sp³-hybridized carbons (Fsp3) is 0.500. The Balaban J connectivity index is 1.44. The molecule has 1 aromatic carbocycles. The molecule has 2 saturated heterocycles. The molecule has 1 aromatic heterocycles. The third-order valence-corrected chi connectivity index (χ3v) is 8.37. The fourth-order valence-electron chi connectivity index (χ4n) is 4.12. The number of nitrogens with zero attached hydrogens (tertiary/aromatic N) is 2. The zero-order chi connectivity index (χ0) is 19.6. The van der Waals surface area contributed by atoms with Gasteiger partial charge in [0.1, 0.15) is 5.82 Å². The summed E-state index contributed by atoms with van der Waals surface area (Å²) in [5.74, 6) is -0.435. The number of halogens is 1. The second-order valence-corrected chi connectivity index (χ2v) is 10.5. The number of ether oxygens (including phenoxy) is 1. The first-order chi connectivity index (χ1) is 13.5. The summed E-state index contributed by atoms with van der Waals surface area (Å²) in [6, 6.07) is 9.28. The topological polar surface area (TPSA) is 49.9 Å². The molecular weight excluding hydrogens is 399 g/mol. The Morgan fingerprint density at radius 3 is 2.68 bits per heavy atom. The van der Waals surface area contributed by atoms with Crippen molar-refractivity contribution in [1.29, 1.82) is 0 Å². The lowest BCUT2D eigenvalue weighted by molar-refractivity contribution is -0.117. The summed E-state index contributed by atoms with van der Waals surface area (Å²) in [5.41, 5.74) is -0.289. The van der Waals surface area contributed by atoms with Crippen LogP contribution in [-0.2, 0) is 21.3 Å². The monoisotopic (exact) mass is 424 g/mol. The van der Waals surface area contributed by atoms with Crippen molar-refractivity contribution in [1.82, 2.24) is 9.21 Å². The Morgan fingerprint density at radius 1 is 1.11 bits per heavy atom. The van der Waals surface area contributed by atoms with Crippen LogP contribution in [-0.4, -0.2) is 56.0 Å². The number of hydrogen-bond donors (Lipinski definition) is 0. The van der Waals surface area contributed by atoms with Crippen LogP contribution in [0.3, 0.4) is 0 Å². The Morgan fingerprint density at radius 2 is 1.93 bits per heavy atom. The maximum atomic E-state index is 13.2. The van der Waals surface area contributed by atoms with Gasteiger partial charge in [-0.1, -0.05) is 6.07 Å². The van der Waals surface area contributed by atoms with Gasteiger partial charge in [-0.3, -0.25) is 4.90 Å². The van der Waals surface area contributed by atoms with Crippen molar-refractivity contribution in [2.45, 2.75) is 36.3 Å². The standard InChI is InChI=1S/C20H25FN2O3S2/c21-17-4-6-19(7-5-17)28(24,25)23-10-2-8-20(9-11-23)16-22(12-13-26-20)15-18-3-1-14-27-18/h1,3-7,14H,2,8-13,15-16H2/t20-/m0/s1. The van der Waals surface area contributed by atoms with Crippen LogP contribution in [0.5, 0.6) is 0 Å². The van der Waals surface area contributed by atoms with E-state index in [1.807, 2.05) is 0 Å². The predicted molar refractivity (Wildman–Crippen MR) is 107 cm³/mol. The first-order valence-electron chi connectivity index (χ1n) is 9.61. The van der Waals surface area contributed by atoms with Gasteiger partial charge in [-0.2, -0.15) is 4.31 Å². The van der Waals surface area contributed by atoms with Crippen LogP contribution in [0.2, 0.25) is 0 Å². The summed E-state index contributed by atoms with van der Waals surface area (Å²) < 4.78 is 46.8. The molecular formula is C20H25FN2O3S2. The van der Waals surface area contributed by atoms with E-state index in [2.05, 4.69) is 22.4 Å². The molecule has 1 atom stereocenters. The summed E-state index contributed by atoms with van der Waals surface area (Å²) in [6.45, 7) is 4.21. The zero-order valence-corrected chi connectivity index (χ0v) is 17.4.